The van der Waals surface area contributed by atoms with Crippen molar-refractivity contribution in [2.24, 2.45) is 0 Å². The molecule has 0 spiro atoms. The Morgan fingerprint density at radius 1 is 1.00 bits per heavy atom. The molecule has 25 heavy (non-hydrogen) atoms. The Hall–Kier alpha value is -0.540. The van der Waals surface area contributed by atoms with Crippen LogP contribution in [-0.4, -0.2) is 29.1 Å². The van der Waals surface area contributed by atoms with Crippen LogP contribution in [0.1, 0.15) is 12.0 Å². The summed E-state index contributed by atoms with van der Waals surface area (Å²) in [4.78, 5) is 18.7. The summed E-state index contributed by atoms with van der Waals surface area (Å²) in [5, 5.41) is 0. The van der Waals surface area contributed by atoms with E-state index in [1.54, 1.807) is 0 Å². The first-order valence-electron chi connectivity index (χ1n) is 6.67. The second-order valence-corrected chi connectivity index (χ2v) is 10.8. The van der Waals surface area contributed by atoms with E-state index in [2.05, 4.69) is 11.1 Å². The van der Waals surface area contributed by atoms with E-state index in [1.807, 2.05) is 0 Å². The number of ether oxygens (including phenoxy) is 1. The van der Waals surface area contributed by atoms with Gasteiger partial charge in [0.1, 0.15) is 0 Å². The SMILES string of the molecule is C=CCCOCC(Cc1c(F)c(F)c(F)c(F)c1F)OP(O)(O)(Cl)Cl. The molecule has 0 bridgehead atoms. The van der Waals surface area contributed by atoms with E-state index in [0.717, 1.165) is 0 Å². The van der Waals surface area contributed by atoms with Gasteiger partial charge in [0, 0.05) is 0 Å². The van der Waals surface area contributed by atoms with Gasteiger partial charge in [-0.25, -0.2) is 0 Å². The number of halogens is 7. The Labute approximate surface area is 149 Å². The Bertz CT molecular complexity index is 615. The van der Waals surface area contributed by atoms with Gasteiger partial charge in [-0.1, -0.05) is 0 Å². The summed E-state index contributed by atoms with van der Waals surface area (Å²) in [6.45, 7) is 2.97. The molecule has 0 saturated heterocycles. The summed E-state index contributed by atoms with van der Waals surface area (Å²) < 4.78 is 76.6. The van der Waals surface area contributed by atoms with Crippen molar-refractivity contribution in [2.75, 3.05) is 13.2 Å². The molecule has 1 unspecified atom stereocenters. The minimum absolute atomic E-state index is 0.0673. The monoisotopic (exact) mass is 430 g/mol. The second-order valence-electron chi connectivity index (χ2n) is 4.89. The van der Waals surface area contributed by atoms with Gasteiger partial charge in [0.2, 0.25) is 0 Å². The van der Waals surface area contributed by atoms with Crippen molar-refractivity contribution in [3.05, 3.63) is 47.3 Å². The normalized spacial score (nSPS) is 14.8. The standard InChI is InChI=1S/C13H14Cl2F5O4P/c1-2-3-4-23-6-7(24-25(14,15,21)22)5-8-9(16)11(18)13(20)12(19)10(8)17/h2,7,21-22H,1,3-6H2. The van der Waals surface area contributed by atoms with E-state index in [-0.39, 0.29) is 6.61 Å². The van der Waals surface area contributed by atoms with Crippen molar-refractivity contribution in [2.45, 2.75) is 18.9 Å². The second kappa shape index (κ2) is 8.43. The fourth-order valence-corrected chi connectivity index (χ4v) is 3.11. The molecule has 2 N–H and O–H groups in total. The van der Waals surface area contributed by atoms with E-state index in [1.165, 1.54) is 6.08 Å². The number of benzene rings is 1. The van der Waals surface area contributed by atoms with Crippen molar-refractivity contribution in [1.29, 1.82) is 0 Å². The Balaban J connectivity index is 3.10. The molecule has 0 heterocycles. The topological polar surface area (TPSA) is 58.9 Å². The summed E-state index contributed by atoms with van der Waals surface area (Å²) in [6.07, 6.45) is -0.723. The zero-order valence-electron chi connectivity index (χ0n) is 12.5. The van der Waals surface area contributed by atoms with Crippen LogP contribution in [-0.2, 0) is 15.7 Å². The van der Waals surface area contributed by atoms with E-state index < -0.39 is 59.8 Å². The molecule has 0 amide bonds. The van der Waals surface area contributed by atoms with Crippen LogP contribution in [0.2, 0.25) is 0 Å². The molecule has 1 aromatic carbocycles. The summed E-state index contributed by atoms with van der Waals surface area (Å²) >= 11 is 10.3. The zero-order valence-corrected chi connectivity index (χ0v) is 14.9. The third-order valence-corrected chi connectivity index (χ3v) is 3.95. The zero-order chi connectivity index (χ0) is 19.4. The number of hydrogen-bond acceptors (Lipinski definition) is 4. The molecule has 1 rings (SSSR count). The predicted octanol–water partition coefficient (Wildman–Crippen LogP) is 4.49. The van der Waals surface area contributed by atoms with Gasteiger partial charge < -0.3 is 0 Å². The maximum absolute atomic E-state index is 13.7. The molecule has 0 saturated carbocycles. The summed E-state index contributed by atoms with van der Waals surface area (Å²) in [5.74, 6) is -16.4. The third kappa shape index (κ3) is 6.94. The molecular formula is C13H14Cl2F5O4P. The van der Waals surface area contributed by atoms with E-state index in [9.17, 15) is 31.7 Å². The van der Waals surface area contributed by atoms with E-state index >= 15 is 0 Å². The molecule has 4 nitrogen and oxygen atoms in total. The summed E-state index contributed by atoms with van der Waals surface area (Å²) in [5.41, 5.74) is -1.23. The first-order valence-corrected chi connectivity index (χ1v) is 10.5. The van der Waals surface area contributed by atoms with Crippen molar-refractivity contribution < 1.29 is 41.0 Å². The van der Waals surface area contributed by atoms with Gasteiger partial charge in [0.05, 0.1) is 0 Å². The molecule has 0 fully saturated rings. The van der Waals surface area contributed by atoms with Crippen LogP contribution < -0.4 is 0 Å². The van der Waals surface area contributed by atoms with Gasteiger partial charge in [0.15, 0.2) is 0 Å². The molecule has 0 aliphatic carbocycles. The molecule has 0 aliphatic rings. The molecule has 0 aliphatic heterocycles. The first-order chi connectivity index (χ1) is 11.3. The van der Waals surface area contributed by atoms with Crippen LogP contribution in [0.4, 0.5) is 22.0 Å². The van der Waals surface area contributed by atoms with Crippen LogP contribution in [0.25, 0.3) is 0 Å². The number of rotatable bonds is 9. The van der Waals surface area contributed by atoms with Gasteiger partial charge in [-0.2, -0.15) is 0 Å². The summed E-state index contributed by atoms with van der Waals surface area (Å²) in [6, 6.07) is 0. The summed E-state index contributed by atoms with van der Waals surface area (Å²) in [7, 11) is 0. The Morgan fingerprint density at radius 3 is 1.92 bits per heavy atom. The molecule has 1 atom stereocenters. The molecule has 0 aromatic heterocycles. The molecule has 1 aromatic rings. The molecular weight excluding hydrogens is 417 g/mol. The van der Waals surface area contributed by atoms with Crippen LogP contribution >= 0.6 is 28.5 Å². The van der Waals surface area contributed by atoms with Gasteiger partial charge in [-0.15, -0.1) is 0 Å². The van der Waals surface area contributed by atoms with E-state index in [0.29, 0.717) is 6.42 Å². The van der Waals surface area contributed by atoms with Gasteiger partial charge >= 0.3 is 149 Å². The van der Waals surface area contributed by atoms with Crippen LogP contribution in [0.15, 0.2) is 12.7 Å². The Kier molecular flexibility index (Phi) is 7.59. The van der Waals surface area contributed by atoms with Crippen LogP contribution in [0, 0.1) is 29.1 Å². The third-order valence-electron chi connectivity index (χ3n) is 2.83. The quantitative estimate of drug-likeness (QED) is 0.151. The van der Waals surface area contributed by atoms with Gasteiger partial charge in [0.25, 0.3) is 0 Å². The molecule has 144 valence electrons. The minimum atomic E-state index is -5.65. The van der Waals surface area contributed by atoms with Crippen LogP contribution in [0.3, 0.4) is 0 Å². The number of hydrogen-bond donors (Lipinski definition) is 2. The fourth-order valence-electron chi connectivity index (χ4n) is 1.81. The average molecular weight is 431 g/mol. The molecule has 12 heteroatoms. The Morgan fingerprint density at radius 2 is 1.48 bits per heavy atom. The maximum atomic E-state index is 13.7. The first kappa shape index (κ1) is 22.5. The molecule has 0 radical (unpaired) electrons. The van der Waals surface area contributed by atoms with Crippen LogP contribution in [0.5, 0.6) is 0 Å². The predicted molar refractivity (Wildman–Crippen MR) is 83.5 cm³/mol. The van der Waals surface area contributed by atoms with Crippen molar-refractivity contribution >= 4 is 28.5 Å². The van der Waals surface area contributed by atoms with Gasteiger partial charge in [-0.3, -0.25) is 0 Å². The van der Waals surface area contributed by atoms with Gasteiger partial charge in [-0.05, 0) is 0 Å². The van der Waals surface area contributed by atoms with Crippen molar-refractivity contribution in [3.63, 3.8) is 0 Å². The fraction of sp³-hybridized carbons (Fsp3) is 0.385. The van der Waals surface area contributed by atoms with Crippen molar-refractivity contribution in [3.8, 4) is 0 Å². The average Bonchev–Trinajstić information content (AvgIpc) is 2.49. The van der Waals surface area contributed by atoms with Crippen molar-refractivity contribution in [1.82, 2.24) is 0 Å². The van der Waals surface area contributed by atoms with E-state index in [4.69, 9.17) is 27.2 Å².